The smallest absolute Gasteiger partial charge is 0.414 e. The zero-order valence-electron chi connectivity index (χ0n) is 16.6. The molecule has 8 heteroatoms. The maximum atomic E-state index is 12.3. The molecule has 1 unspecified atom stereocenters. The van der Waals surface area contributed by atoms with Crippen molar-refractivity contribution in [2.24, 2.45) is 10.7 Å². The number of nitrogens with zero attached hydrogens (tertiary/aromatic N) is 2. The molecule has 1 atom stereocenters. The molecular formula is C23H21N3O5. The molecular weight excluding hydrogens is 398 g/mol. The third-order valence-electron chi connectivity index (χ3n) is 4.91. The van der Waals surface area contributed by atoms with E-state index in [1.54, 1.807) is 24.3 Å². The second-order valence-corrected chi connectivity index (χ2v) is 7.05. The van der Waals surface area contributed by atoms with Crippen LogP contribution >= 0.6 is 0 Å². The fourth-order valence-electron chi connectivity index (χ4n) is 3.38. The number of amidine groups is 1. The number of amides is 1. The molecule has 1 saturated heterocycles. The van der Waals surface area contributed by atoms with E-state index in [1.807, 2.05) is 42.5 Å². The lowest BCUT2D eigenvalue weighted by Gasteiger charge is -2.14. The molecule has 0 radical (unpaired) electrons. The Morgan fingerprint density at radius 1 is 1.13 bits per heavy atom. The van der Waals surface area contributed by atoms with Crippen molar-refractivity contribution < 1.29 is 24.2 Å². The van der Waals surface area contributed by atoms with Gasteiger partial charge in [-0.2, -0.15) is 0 Å². The van der Waals surface area contributed by atoms with Crippen molar-refractivity contribution in [1.82, 2.24) is 0 Å². The average Bonchev–Trinajstić information content (AvgIpc) is 3.16. The average molecular weight is 419 g/mol. The lowest BCUT2D eigenvalue weighted by Crippen LogP contribution is -2.26. The molecule has 0 aromatic heterocycles. The Morgan fingerprint density at radius 3 is 2.65 bits per heavy atom. The fourth-order valence-corrected chi connectivity index (χ4v) is 3.38. The maximum Gasteiger partial charge on any atom is 0.414 e. The Balaban J connectivity index is 1.40. The van der Waals surface area contributed by atoms with Gasteiger partial charge in [-0.15, -0.1) is 0 Å². The third kappa shape index (κ3) is 4.58. The third-order valence-corrected chi connectivity index (χ3v) is 4.91. The van der Waals surface area contributed by atoms with E-state index in [0.29, 0.717) is 17.8 Å². The van der Waals surface area contributed by atoms with Crippen LogP contribution in [-0.2, 0) is 9.53 Å². The Labute approximate surface area is 178 Å². The summed E-state index contributed by atoms with van der Waals surface area (Å²) in [6.45, 7) is 0.194. The number of hydrogen-bond acceptors (Lipinski definition) is 5. The van der Waals surface area contributed by atoms with E-state index in [1.165, 1.54) is 4.90 Å². The lowest BCUT2D eigenvalue weighted by atomic mass is 10.1. The molecule has 31 heavy (non-hydrogen) atoms. The molecule has 1 amide bonds. The summed E-state index contributed by atoms with van der Waals surface area (Å²) in [5, 5.41) is 10.8. The summed E-state index contributed by atoms with van der Waals surface area (Å²) < 4.78 is 11.4. The van der Waals surface area contributed by atoms with Gasteiger partial charge < -0.3 is 20.3 Å². The van der Waals surface area contributed by atoms with Gasteiger partial charge in [-0.25, -0.2) is 4.79 Å². The summed E-state index contributed by atoms with van der Waals surface area (Å²) in [7, 11) is 0. The van der Waals surface area contributed by atoms with Gasteiger partial charge in [0.05, 0.1) is 6.54 Å². The maximum absolute atomic E-state index is 12.3. The molecule has 1 heterocycles. The molecule has 1 fully saturated rings. The number of carbonyl (C=O) groups is 2. The highest BCUT2D eigenvalue weighted by molar-refractivity contribution is 5.99. The monoisotopic (exact) mass is 419 g/mol. The minimum Gasteiger partial charge on any atom is -0.489 e. The molecule has 8 nitrogen and oxygen atoms in total. The molecule has 1 aliphatic rings. The molecule has 3 aromatic carbocycles. The Kier molecular flexibility index (Phi) is 5.70. The van der Waals surface area contributed by atoms with E-state index in [9.17, 15) is 9.59 Å². The van der Waals surface area contributed by atoms with E-state index < -0.39 is 24.7 Å². The van der Waals surface area contributed by atoms with Gasteiger partial charge in [0.2, 0.25) is 0 Å². The Hall–Kier alpha value is -4.07. The molecule has 158 valence electrons. The minimum atomic E-state index is -1.06. The first-order valence-corrected chi connectivity index (χ1v) is 9.72. The number of aliphatic carboxylic acids is 1. The fraction of sp³-hybridized carbons (Fsp3) is 0.174. The zero-order chi connectivity index (χ0) is 21.8. The Bertz CT molecular complexity index is 1140. The van der Waals surface area contributed by atoms with Crippen molar-refractivity contribution in [3.05, 3.63) is 72.3 Å². The van der Waals surface area contributed by atoms with Crippen molar-refractivity contribution >= 4 is 34.4 Å². The van der Waals surface area contributed by atoms with Crippen molar-refractivity contribution in [2.45, 2.75) is 6.10 Å². The number of aliphatic imine (C=N–C) groups is 1. The second kappa shape index (κ2) is 8.74. The van der Waals surface area contributed by atoms with Gasteiger partial charge in [0.1, 0.15) is 24.7 Å². The van der Waals surface area contributed by atoms with Crippen LogP contribution in [0.5, 0.6) is 5.75 Å². The summed E-state index contributed by atoms with van der Waals surface area (Å²) in [6.07, 6.45) is -0.861. The van der Waals surface area contributed by atoms with Crippen LogP contribution in [0.4, 0.5) is 10.5 Å². The number of hydrogen-bond donors (Lipinski definition) is 2. The first kappa shape index (κ1) is 20.2. The first-order valence-electron chi connectivity index (χ1n) is 9.72. The molecule has 0 aliphatic carbocycles. The topological polar surface area (TPSA) is 114 Å². The summed E-state index contributed by atoms with van der Waals surface area (Å²) in [5.74, 6) is -0.191. The van der Waals surface area contributed by atoms with E-state index >= 15 is 0 Å². The highest BCUT2D eigenvalue weighted by Gasteiger charge is 2.33. The number of anilines is 1. The summed E-state index contributed by atoms with van der Waals surface area (Å²) in [6, 6.07) is 20.6. The molecule has 1 aliphatic heterocycles. The SMILES string of the molecule is NC(=NCC(=O)O)c1ccc(N2CC(COc3cccc4ccccc34)OC2=O)cc1. The molecule has 0 bridgehead atoms. The normalized spacial score (nSPS) is 16.4. The van der Waals surface area contributed by atoms with E-state index in [-0.39, 0.29) is 12.4 Å². The number of carbonyl (C=O) groups excluding carboxylic acids is 1. The van der Waals surface area contributed by atoms with Crippen molar-refractivity contribution in [1.29, 1.82) is 0 Å². The molecule has 0 spiro atoms. The molecule has 4 rings (SSSR count). The van der Waals surface area contributed by atoms with E-state index in [4.69, 9.17) is 20.3 Å². The zero-order valence-corrected chi connectivity index (χ0v) is 16.6. The van der Waals surface area contributed by atoms with Crippen LogP contribution in [0.3, 0.4) is 0 Å². The van der Waals surface area contributed by atoms with E-state index in [0.717, 1.165) is 16.5 Å². The van der Waals surface area contributed by atoms with Crippen LogP contribution in [0.2, 0.25) is 0 Å². The van der Waals surface area contributed by atoms with Crippen LogP contribution in [0, 0.1) is 0 Å². The van der Waals surface area contributed by atoms with Gasteiger partial charge in [0.15, 0.2) is 6.10 Å². The number of nitrogens with two attached hydrogens (primary N) is 1. The summed E-state index contributed by atoms with van der Waals surface area (Å²) in [5.41, 5.74) is 7.02. The number of benzene rings is 3. The highest BCUT2D eigenvalue weighted by Crippen LogP contribution is 2.27. The van der Waals surface area contributed by atoms with Gasteiger partial charge in [-0.3, -0.25) is 14.7 Å². The number of fused-ring (bicyclic) bond motifs is 1. The van der Waals surface area contributed by atoms with Crippen LogP contribution in [0.15, 0.2) is 71.7 Å². The first-order chi connectivity index (χ1) is 15.0. The summed E-state index contributed by atoms with van der Waals surface area (Å²) >= 11 is 0. The number of cyclic esters (lactones) is 1. The second-order valence-electron chi connectivity index (χ2n) is 7.05. The Morgan fingerprint density at radius 2 is 1.87 bits per heavy atom. The highest BCUT2D eigenvalue weighted by atomic mass is 16.6. The van der Waals surface area contributed by atoms with Crippen LogP contribution in [0.1, 0.15) is 5.56 Å². The van der Waals surface area contributed by atoms with Gasteiger partial charge in [0, 0.05) is 16.6 Å². The largest absolute Gasteiger partial charge is 0.489 e. The van der Waals surface area contributed by atoms with Gasteiger partial charge in [0.25, 0.3) is 0 Å². The number of ether oxygens (including phenoxy) is 2. The quantitative estimate of drug-likeness (QED) is 0.449. The molecule has 3 aromatic rings. The predicted molar refractivity (Wildman–Crippen MR) is 117 cm³/mol. The number of rotatable bonds is 7. The minimum absolute atomic E-state index is 0.124. The van der Waals surface area contributed by atoms with Crippen molar-refractivity contribution in [2.75, 3.05) is 24.6 Å². The predicted octanol–water partition coefficient (Wildman–Crippen LogP) is 3.03. The molecule has 0 saturated carbocycles. The number of carboxylic acid groups (broad SMARTS) is 1. The molecule has 3 N–H and O–H groups in total. The van der Waals surface area contributed by atoms with Crippen LogP contribution in [0.25, 0.3) is 10.8 Å². The lowest BCUT2D eigenvalue weighted by molar-refractivity contribution is -0.135. The standard InChI is InChI=1S/C23H21N3O5/c24-22(25-12-21(27)28)16-8-10-17(11-9-16)26-13-18(31-23(26)29)14-30-20-7-3-5-15-4-1-2-6-19(15)20/h1-11,18H,12-14H2,(H2,24,25)(H,27,28). The number of carboxylic acids is 1. The van der Waals surface area contributed by atoms with Crippen molar-refractivity contribution in [3.63, 3.8) is 0 Å². The van der Waals surface area contributed by atoms with Crippen molar-refractivity contribution in [3.8, 4) is 5.75 Å². The van der Waals surface area contributed by atoms with Crippen LogP contribution in [-0.4, -0.2) is 48.8 Å². The van der Waals surface area contributed by atoms with Crippen LogP contribution < -0.4 is 15.4 Å². The van der Waals surface area contributed by atoms with Gasteiger partial charge in [-0.05, 0) is 35.7 Å². The summed E-state index contributed by atoms with van der Waals surface area (Å²) in [4.78, 5) is 28.3. The van der Waals surface area contributed by atoms with Gasteiger partial charge in [-0.1, -0.05) is 36.4 Å². The van der Waals surface area contributed by atoms with E-state index in [2.05, 4.69) is 4.99 Å². The van der Waals surface area contributed by atoms with Gasteiger partial charge >= 0.3 is 12.1 Å².